The first-order valence-electron chi connectivity index (χ1n) is 7.51. The summed E-state index contributed by atoms with van der Waals surface area (Å²) in [4.78, 5) is 0. The summed E-state index contributed by atoms with van der Waals surface area (Å²) in [5.74, 6) is 2.43. The summed E-state index contributed by atoms with van der Waals surface area (Å²) in [6, 6.07) is 10.8. The fourth-order valence-corrected chi connectivity index (χ4v) is 2.31. The molecule has 0 aliphatic heterocycles. The van der Waals surface area contributed by atoms with Crippen LogP contribution in [-0.2, 0) is 0 Å². The van der Waals surface area contributed by atoms with E-state index < -0.39 is 0 Å². The molecule has 0 unspecified atom stereocenters. The van der Waals surface area contributed by atoms with Gasteiger partial charge in [-0.3, -0.25) is 0 Å². The van der Waals surface area contributed by atoms with E-state index in [9.17, 15) is 5.21 Å². The number of allylic oxidation sites excluding steroid dienone is 1. The zero-order chi connectivity index (χ0) is 18.2. The van der Waals surface area contributed by atoms with Crippen LogP contribution >= 0.6 is 0 Å². The SMILES string of the molecule is COc1ccc(/C=C\C(=N/O)c2ccc(OC)c(OC)c2)cc1OC. The molecular formula is C19H21NO5. The van der Waals surface area contributed by atoms with E-state index in [2.05, 4.69) is 5.16 Å². The van der Waals surface area contributed by atoms with Crippen LogP contribution in [0.5, 0.6) is 23.0 Å². The molecule has 0 atom stereocenters. The summed E-state index contributed by atoms with van der Waals surface area (Å²) < 4.78 is 21.0. The van der Waals surface area contributed by atoms with Crippen LogP contribution in [0.1, 0.15) is 11.1 Å². The molecule has 0 spiro atoms. The highest BCUT2D eigenvalue weighted by atomic mass is 16.5. The summed E-state index contributed by atoms with van der Waals surface area (Å²) in [6.07, 6.45) is 3.51. The Morgan fingerprint density at radius 3 is 1.92 bits per heavy atom. The molecule has 2 aromatic carbocycles. The van der Waals surface area contributed by atoms with Crippen LogP contribution in [0.25, 0.3) is 6.08 Å². The van der Waals surface area contributed by atoms with Crippen molar-refractivity contribution >= 4 is 11.8 Å². The van der Waals surface area contributed by atoms with E-state index in [0.717, 1.165) is 5.56 Å². The maximum Gasteiger partial charge on any atom is 0.161 e. The average Bonchev–Trinajstić information content (AvgIpc) is 2.67. The molecular weight excluding hydrogens is 322 g/mol. The molecule has 132 valence electrons. The Labute approximate surface area is 146 Å². The second-order valence-electron chi connectivity index (χ2n) is 5.00. The molecule has 0 heterocycles. The predicted molar refractivity (Wildman–Crippen MR) is 96.4 cm³/mol. The molecule has 6 nitrogen and oxygen atoms in total. The maximum absolute atomic E-state index is 9.35. The summed E-state index contributed by atoms with van der Waals surface area (Å²) in [5, 5.41) is 12.7. The van der Waals surface area contributed by atoms with Gasteiger partial charge < -0.3 is 24.2 Å². The van der Waals surface area contributed by atoms with E-state index in [0.29, 0.717) is 34.3 Å². The highest BCUT2D eigenvalue weighted by molar-refractivity contribution is 6.10. The molecule has 0 aromatic heterocycles. The van der Waals surface area contributed by atoms with Crippen molar-refractivity contribution in [1.82, 2.24) is 0 Å². The Bertz CT molecular complexity index is 783. The summed E-state index contributed by atoms with van der Waals surface area (Å²) in [7, 11) is 6.28. The average molecular weight is 343 g/mol. The van der Waals surface area contributed by atoms with Gasteiger partial charge >= 0.3 is 0 Å². The number of ether oxygens (including phenoxy) is 4. The summed E-state index contributed by atoms with van der Waals surface area (Å²) >= 11 is 0. The molecule has 25 heavy (non-hydrogen) atoms. The topological polar surface area (TPSA) is 69.5 Å². The molecule has 0 aliphatic rings. The van der Waals surface area contributed by atoms with Crippen LogP contribution in [0.15, 0.2) is 47.6 Å². The van der Waals surface area contributed by atoms with Crippen molar-refractivity contribution in [3.05, 3.63) is 53.6 Å². The van der Waals surface area contributed by atoms with Crippen LogP contribution < -0.4 is 18.9 Å². The fourth-order valence-electron chi connectivity index (χ4n) is 2.31. The number of methoxy groups -OCH3 is 4. The van der Waals surface area contributed by atoms with Gasteiger partial charge in [0, 0.05) is 5.56 Å². The van der Waals surface area contributed by atoms with Crippen molar-refractivity contribution in [3.8, 4) is 23.0 Å². The Morgan fingerprint density at radius 1 is 0.800 bits per heavy atom. The number of oxime groups is 1. The van der Waals surface area contributed by atoms with Crippen molar-refractivity contribution in [2.45, 2.75) is 0 Å². The Balaban J connectivity index is 2.29. The molecule has 0 saturated carbocycles. The molecule has 2 rings (SSSR count). The normalized spacial score (nSPS) is 11.4. The van der Waals surface area contributed by atoms with Crippen LogP contribution in [-0.4, -0.2) is 39.4 Å². The van der Waals surface area contributed by atoms with Crippen molar-refractivity contribution in [3.63, 3.8) is 0 Å². The van der Waals surface area contributed by atoms with Gasteiger partial charge in [0.2, 0.25) is 0 Å². The summed E-state index contributed by atoms with van der Waals surface area (Å²) in [6.45, 7) is 0. The van der Waals surface area contributed by atoms with Gasteiger partial charge in [-0.2, -0.15) is 0 Å². The minimum absolute atomic E-state index is 0.385. The maximum atomic E-state index is 9.35. The van der Waals surface area contributed by atoms with E-state index in [1.54, 1.807) is 52.7 Å². The lowest BCUT2D eigenvalue weighted by Crippen LogP contribution is -1.99. The minimum atomic E-state index is 0.385. The zero-order valence-corrected chi connectivity index (χ0v) is 14.6. The molecule has 0 aliphatic carbocycles. The molecule has 0 amide bonds. The molecule has 0 saturated heterocycles. The van der Waals surface area contributed by atoms with Crippen LogP contribution in [0.3, 0.4) is 0 Å². The Morgan fingerprint density at radius 2 is 1.36 bits per heavy atom. The van der Waals surface area contributed by atoms with Gasteiger partial charge in [0.25, 0.3) is 0 Å². The van der Waals surface area contributed by atoms with E-state index in [1.165, 1.54) is 0 Å². The molecule has 0 fully saturated rings. The Hall–Kier alpha value is -3.15. The molecule has 0 radical (unpaired) electrons. The van der Waals surface area contributed by atoms with Crippen LogP contribution in [0.2, 0.25) is 0 Å². The van der Waals surface area contributed by atoms with E-state index in [-0.39, 0.29) is 0 Å². The standard InChI is InChI=1S/C19H21NO5/c1-22-16-9-6-13(11-18(16)24-3)5-8-15(20-21)14-7-10-17(23-2)19(12-14)25-4/h5-12,21H,1-4H3/b8-5-,20-15+. The van der Waals surface area contributed by atoms with Gasteiger partial charge in [0.05, 0.1) is 28.4 Å². The lowest BCUT2D eigenvalue weighted by atomic mass is 10.1. The number of rotatable bonds is 7. The van der Waals surface area contributed by atoms with Crippen molar-refractivity contribution < 1.29 is 24.2 Å². The minimum Gasteiger partial charge on any atom is -0.493 e. The Kier molecular flexibility index (Phi) is 6.28. The second-order valence-corrected chi connectivity index (χ2v) is 5.00. The highest BCUT2D eigenvalue weighted by Gasteiger charge is 2.08. The third-order valence-electron chi connectivity index (χ3n) is 3.63. The first kappa shape index (κ1) is 18.2. The molecule has 6 heteroatoms. The van der Waals surface area contributed by atoms with Gasteiger partial charge in [-0.05, 0) is 42.0 Å². The number of hydrogen-bond acceptors (Lipinski definition) is 6. The van der Waals surface area contributed by atoms with E-state index >= 15 is 0 Å². The van der Waals surface area contributed by atoms with E-state index in [1.807, 2.05) is 24.3 Å². The largest absolute Gasteiger partial charge is 0.493 e. The molecule has 2 aromatic rings. The predicted octanol–water partition coefficient (Wildman–Crippen LogP) is 3.61. The first-order chi connectivity index (χ1) is 12.2. The molecule has 0 bridgehead atoms. The first-order valence-corrected chi connectivity index (χ1v) is 7.51. The van der Waals surface area contributed by atoms with E-state index in [4.69, 9.17) is 18.9 Å². The number of hydrogen-bond donors (Lipinski definition) is 1. The van der Waals surface area contributed by atoms with Gasteiger partial charge in [-0.15, -0.1) is 0 Å². The molecule has 1 N–H and O–H groups in total. The fraction of sp³-hybridized carbons (Fsp3) is 0.211. The zero-order valence-electron chi connectivity index (χ0n) is 14.6. The number of benzene rings is 2. The van der Waals surface area contributed by atoms with Gasteiger partial charge in [-0.25, -0.2) is 0 Å². The van der Waals surface area contributed by atoms with Crippen molar-refractivity contribution in [2.75, 3.05) is 28.4 Å². The highest BCUT2D eigenvalue weighted by Crippen LogP contribution is 2.29. The monoisotopic (exact) mass is 343 g/mol. The van der Waals surface area contributed by atoms with Gasteiger partial charge in [0.15, 0.2) is 23.0 Å². The quantitative estimate of drug-likeness (QED) is 0.472. The van der Waals surface area contributed by atoms with Gasteiger partial charge in [0.1, 0.15) is 5.71 Å². The summed E-state index contributed by atoms with van der Waals surface area (Å²) in [5.41, 5.74) is 1.95. The van der Waals surface area contributed by atoms with Crippen molar-refractivity contribution in [2.24, 2.45) is 5.16 Å². The lowest BCUT2D eigenvalue weighted by molar-refractivity contribution is 0.320. The van der Waals surface area contributed by atoms with Gasteiger partial charge in [-0.1, -0.05) is 17.3 Å². The smallest absolute Gasteiger partial charge is 0.161 e. The third-order valence-corrected chi connectivity index (χ3v) is 3.63. The van der Waals surface area contributed by atoms with Crippen molar-refractivity contribution in [1.29, 1.82) is 0 Å². The second kappa shape index (κ2) is 8.63. The number of nitrogens with zero attached hydrogens (tertiary/aromatic N) is 1. The van der Waals surface area contributed by atoms with Crippen LogP contribution in [0, 0.1) is 0 Å². The van der Waals surface area contributed by atoms with Crippen LogP contribution in [0.4, 0.5) is 0 Å². The lowest BCUT2D eigenvalue weighted by Gasteiger charge is -2.09. The third kappa shape index (κ3) is 4.23.